The molecule has 0 unspecified atom stereocenters. The number of nitrogens with one attached hydrogen (secondary N) is 1. The average Bonchev–Trinajstić information content (AvgIpc) is 3.15. The standard InChI is InChI=1S/C19H20N4O2/c20-13-16-12-17(23(24)25)8-9-18(16)21-19(14-22-10-4-5-11-22)15-6-2-1-3-7-15/h1-3,6-9,12,19,21H,4-5,10-11,14H2/t19-/m0/s1. The van der Waals surface area contributed by atoms with Crippen LogP contribution in [0.3, 0.4) is 0 Å². The van der Waals surface area contributed by atoms with Crippen LogP contribution in [0.1, 0.15) is 30.0 Å². The molecule has 2 aromatic carbocycles. The van der Waals surface area contributed by atoms with Gasteiger partial charge in [0, 0.05) is 18.7 Å². The van der Waals surface area contributed by atoms with Gasteiger partial charge in [-0.2, -0.15) is 5.26 Å². The summed E-state index contributed by atoms with van der Waals surface area (Å²) in [5.74, 6) is 0. The van der Waals surface area contributed by atoms with Crippen molar-refractivity contribution in [3.63, 3.8) is 0 Å². The van der Waals surface area contributed by atoms with Crippen molar-refractivity contribution in [3.8, 4) is 6.07 Å². The highest BCUT2D eigenvalue weighted by Gasteiger charge is 2.20. The molecule has 0 radical (unpaired) electrons. The van der Waals surface area contributed by atoms with Crippen LogP contribution < -0.4 is 5.32 Å². The minimum Gasteiger partial charge on any atom is -0.376 e. The normalized spacial score (nSPS) is 15.5. The Labute approximate surface area is 146 Å². The van der Waals surface area contributed by atoms with Gasteiger partial charge in [-0.1, -0.05) is 30.3 Å². The first-order chi connectivity index (χ1) is 12.2. The first-order valence-electron chi connectivity index (χ1n) is 8.40. The molecule has 0 aliphatic carbocycles. The third-order valence-corrected chi connectivity index (χ3v) is 4.51. The fourth-order valence-electron chi connectivity index (χ4n) is 3.20. The summed E-state index contributed by atoms with van der Waals surface area (Å²) >= 11 is 0. The Hall–Kier alpha value is -2.91. The molecule has 1 fully saturated rings. The minimum atomic E-state index is -0.483. The summed E-state index contributed by atoms with van der Waals surface area (Å²) in [5, 5.41) is 23.7. The van der Waals surface area contributed by atoms with Crippen molar-refractivity contribution < 1.29 is 4.92 Å². The first kappa shape index (κ1) is 16.9. The van der Waals surface area contributed by atoms with Crippen molar-refractivity contribution in [2.24, 2.45) is 0 Å². The molecule has 1 saturated heterocycles. The zero-order valence-electron chi connectivity index (χ0n) is 13.9. The fraction of sp³-hybridized carbons (Fsp3) is 0.316. The number of anilines is 1. The van der Waals surface area contributed by atoms with Gasteiger partial charge in [0.1, 0.15) is 6.07 Å². The molecule has 1 atom stereocenters. The summed E-state index contributed by atoms with van der Waals surface area (Å²) in [5.41, 5.74) is 1.98. The Morgan fingerprint density at radius 2 is 1.92 bits per heavy atom. The highest BCUT2D eigenvalue weighted by molar-refractivity contribution is 5.62. The molecule has 0 bridgehead atoms. The summed E-state index contributed by atoms with van der Waals surface area (Å²) in [6.07, 6.45) is 2.42. The molecule has 128 valence electrons. The van der Waals surface area contributed by atoms with Gasteiger partial charge in [-0.25, -0.2) is 0 Å². The van der Waals surface area contributed by atoms with Crippen molar-refractivity contribution in [2.45, 2.75) is 18.9 Å². The number of nitro groups is 1. The van der Waals surface area contributed by atoms with Crippen molar-refractivity contribution >= 4 is 11.4 Å². The molecule has 0 aromatic heterocycles. The van der Waals surface area contributed by atoms with Gasteiger partial charge >= 0.3 is 0 Å². The van der Waals surface area contributed by atoms with Crippen LogP contribution in [-0.4, -0.2) is 29.5 Å². The van der Waals surface area contributed by atoms with E-state index in [4.69, 9.17) is 0 Å². The second-order valence-electron chi connectivity index (χ2n) is 6.21. The van der Waals surface area contributed by atoms with E-state index < -0.39 is 4.92 Å². The predicted molar refractivity (Wildman–Crippen MR) is 96.3 cm³/mol. The number of hydrogen-bond acceptors (Lipinski definition) is 5. The maximum absolute atomic E-state index is 10.9. The summed E-state index contributed by atoms with van der Waals surface area (Å²) in [6.45, 7) is 3.00. The Morgan fingerprint density at radius 3 is 2.56 bits per heavy atom. The number of benzene rings is 2. The highest BCUT2D eigenvalue weighted by Crippen LogP contribution is 2.27. The Morgan fingerprint density at radius 1 is 1.20 bits per heavy atom. The molecule has 2 aromatic rings. The van der Waals surface area contributed by atoms with E-state index in [0.717, 1.165) is 25.2 Å². The fourth-order valence-corrected chi connectivity index (χ4v) is 3.20. The average molecular weight is 336 g/mol. The molecule has 25 heavy (non-hydrogen) atoms. The molecule has 0 spiro atoms. The number of likely N-dealkylation sites (tertiary alicyclic amines) is 1. The van der Waals surface area contributed by atoms with Gasteiger partial charge in [0.15, 0.2) is 0 Å². The Kier molecular flexibility index (Phi) is 5.26. The van der Waals surface area contributed by atoms with E-state index in [1.54, 1.807) is 6.07 Å². The molecule has 1 aliphatic heterocycles. The zero-order valence-corrected chi connectivity index (χ0v) is 13.9. The summed E-state index contributed by atoms with van der Waals surface area (Å²) in [4.78, 5) is 12.8. The van der Waals surface area contributed by atoms with Gasteiger partial charge in [0.05, 0.1) is 22.2 Å². The SMILES string of the molecule is N#Cc1cc([N+](=O)[O-])ccc1N[C@@H](CN1CCCC1)c1ccccc1. The van der Waals surface area contributed by atoms with Gasteiger partial charge in [-0.15, -0.1) is 0 Å². The van der Waals surface area contributed by atoms with Crippen LogP contribution in [0, 0.1) is 21.4 Å². The second-order valence-corrected chi connectivity index (χ2v) is 6.21. The van der Waals surface area contributed by atoms with Gasteiger partial charge < -0.3 is 10.2 Å². The summed E-state index contributed by atoms with van der Waals surface area (Å²) in [6, 6.07) is 16.5. The van der Waals surface area contributed by atoms with Crippen LogP contribution in [0.25, 0.3) is 0 Å². The number of non-ortho nitro benzene ring substituents is 1. The third-order valence-electron chi connectivity index (χ3n) is 4.51. The number of hydrogen-bond donors (Lipinski definition) is 1. The largest absolute Gasteiger partial charge is 0.376 e. The van der Waals surface area contributed by atoms with Gasteiger partial charge in [0.2, 0.25) is 0 Å². The highest BCUT2D eigenvalue weighted by atomic mass is 16.6. The smallest absolute Gasteiger partial charge is 0.270 e. The molecular weight excluding hydrogens is 316 g/mol. The lowest BCUT2D eigenvalue weighted by molar-refractivity contribution is -0.384. The molecular formula is C19H20N4O2. The third kappa shape index (κ3) is 4.14. The zero-order chi connectivity index (χ0) is 17.6. The topological polar surface area (TPSA) is 82.2 Å². The number of nitriles is 1. The molecule has 0 saturated carbocycles. The monoisotopic (exact) mass is 336 g/mol. The van der Waals surface area contributed by atoms with Crippen LogP contribution in [0.15, 0.2) is 48.5 Å². The molecule has 1 aliphatic rings. The van der Waals surface area contributed by atoms with Crippen LogP contribution in [0.2, 0.25) is 0 Å². The van der Waals surface area contributed by atoms with E-state index >= 15 is 0 Å². The van der Waals surface area contributed by atoms with Crippen molar-refractivity contribution in [1.82, 2.24) is 4.90 Å². The lowest BCUT2D eigenvalue weighted by atomic mass is 10.0. The van der Waals surface area contributed by atoms with Gasteiger partial charge in [-0.3, -0.25) is 10.1 Å². The second kappa shape index (κ2) is 7.77. The number of nitrogens with zero attached hydrogens (tertiary/aromatic N) is 3. The lowest BCUT2D eigenvalue weighted by Gasteiger charge is -2.26. The van der Waals surface area contributed by atoms with Crippen LogP contribution in [0.4, 0.5) is 11.4 Å². The van der Waals surface area contributed by atoms with Crippen LogP contribution >= 0.6 is 0 Å². The number of rotatable bonds is 6. The quantitative estimate of drug-likeness (QED) is 0.642. The van der Waals surface area contributed by atoms with E-state index in [1.165, 1.54) is 25.0 Å². The van der Waals surface area contributed by atoms with E-state index in [9.17, 15) is 15.4 Å². The van der Waals surface area contributed by atoms with Gasteiger partial charge in [0.25, 0.3) is 5.69 Å². The molecule has 0 amide bonds. The number of nitro benzene ring substituents is 1. The van der Waals surface area contributed by atoms with Crippen molar-refractivity contribution in [3.05, 3.63) is 69.8 Å². The van der Waals surface area contributed by atoms with E-state index in [-0.39, 0.29) is 17.3 Å². The Bertz CT molecular complexity index is 780. The maximum atomic E-state index is 10.9. The molecule has 1 N–H and O–H groups in total. The molecule has 1 heterocycles. The minimum absolute atomic E-state index is 0.0212. The van der Waals surface area contributed by atoms with Crippen molar-refractivity contribution in [2.75, 3.05) is 25.0 Å². The van der Waals surface area contributed by atoms with Crippen LogP contribution in [-0.2, 0) is 0 Å². The maximum Gasteiger partial charge on any atom is 0.270 e. The molecule has 6 heteroatoms. The van der Waals surface area contributed by atoms with Gasteiger partial charge in [-0.05, 0) is 37.6 Å². The van der Waals surface area contributed by atoms with E-state index in [0.29, 0.717) is 5.69 Å². The summed E-state index contributed by atoms with van der Waals surface area (Å²) in [7, 11) is 0. The Balaban J connectivity index is 1.87. The predicted octanol–water partition coefficient (Wildman–Crippen LogP) is 3.72. The van der Waals surface area contributed by atoms with Crippen molar-refractivity contribution in [1.29, 1.82) is 5.26 Å². The lowest BCUT2D eigenvalue weighted by Crippen LogP contribution is -2.29. The van der Waals surface area contributed by atoms with Crippen LogP contribution in [0.5, 0.6) is 0 Å². The molecule has 3 rings (SSSR count). The van der Waals surface area contributed by atoms with E-state index in [2.05, 4.69) is 28.4 Å². The first-order valence-corrected chi connectivity index (χ1v) is 8.40. The molecule has 6 nitrogen and oxygen atoms in total. The van der Waals surface area contributed by atoms with E-state index in [1.807, 2.05) is 18.2 Å². The summed E-state index contributed by atoms with van der Waals surface area (Å²) < 4.78 is 0.